The van der Waals surface area contributed by atoms with E-state index in [0.717, 1.165) is 11.3 Å². The van der Waals surface area contributed by atoms with Gasteiger partial charge in [-0.15, -0.1) is 0 Å². The molecule has 0 aliphatic heterocycles. The SMILES string of the molecule is Cc1cc(C(=O)Nc2ccc3oc(-c4ccc(N(C)C)cc4)nc3c2)ccc1[N+](=O)[O-]. The molecule has 31 heavy (non-hydrogen) atoms. The number of hydrogen-bond donors (Lipinski definition) is 1. The summed E-state index contributed by atoms with van der Waals surface area (Å²) in [6, 6.07) is 17.3. The molecular weight excluding hydrogens is 396 g/mol. The van der Waals surface area contributed by atoms with Crippen molar-refractivity contribution < 1.29 is 14.1 Å². The molecule has 1 heterocycles. The second-order valence-electron chi connectivity index (χ2n) is 7.36. The first-order valence-electron chi connectivity index (χ1n) is 9.56. The lowest BCUT2D eigenvalue weighted by Crippen LogP contribution is -2.12. The Balaban J connectivity index is 1.56. The smallest absolute Gasteiger partial charge is 0.272 e. The fourth-order valence-corrected chi connectivity index (χ4v) is 3.24. The van der Waals surface area contributed by atoms with Crippen LogP contribution >= 0.6 is 0 Å². The molecule has 1 aromatic heterocycles. The standard InChI is InChI=1S/C23H20N4O4/c1-14-12-16(6-10-20(14)27(29)30)22(28)24-17-7-11-21-19(13-17)25-23(31-21)15-4-8-18(9-5-15)26(2)3/h4-13H,1-3H3,(H,24,28). The van der Waals surface area contributed by atoms with Gasteiger partial charge in [-0.3, -0.25) is 14.9 Å². The number of fused-ring (bicyclic) bond motifs is 1. The summed E-state index contributed by atoms with van der Waals surface area (Å²) in [4.78, 5) is 29.6. The van der Waals surface area contributed by atoms with Crippen molar-refractivity contribution in [3.05, 3.63) is 81.9 Å². The number of benzene rings is 3. The van der Waals surface area contributed by atoms with Crippen molar-refractivity contribution in [2.24, 2.45) is 0 Å². The fraction of sp³-hybridized carbons (Fsp3) is 0.130. The van der Waals surface area contributed by atoms with Gasteiger partial charge in [-0.25, -0.2) is 4.98 Å². The van der Waals surface area contributed by atoms with Crippen LogP contribution in [0.15, 0.2) is 65.1 Å². The van der Waals surface area contributed by atoms with Crippen LogP contribution in [0.5, 0.6) is 0 Å². The first-order chi connectivity index (χ1) is 14.8. The summed E-state index contributed by atoms with van der Waals surface area (Å²) in [5.74, 6) is 0.134. The number of anilines is 2. The molecule has 0 fully saturated rings. The van der Waals surface area contributed by atoms with Crippen molar-refractivity contribution in [1.82, 2.24) is 4.98 Å². The van der Waals surface area contributed by atoms with Gasteiger partial charge in [0.05, 0.1) is 4.92 Å². The Morgan fingerprint density at radius 2 is 1.81 bits per heavy atom. The van der Waals surface area contributed by atoms with Crippen LogP contribution in [0.3, 0.4) is 0 Å². The summed E-state index contributed by atoms with van der Waals surface area (Å²) in [5, 5.41) is 13.8. The predicted octanol–water partition coefficient (Wildman–Crippen LogP) is 5.03. The van der Waals surface area contributed by atoms with Gasteiger partial charge in [0.25, 0.3) is 11.6 Å². The minimum Gasteiger partial charge on any atom is -0.436 e. The summed E-state index contributed by atoms with van der Waals surface area (Å²) in [5.41, 5.74) is 4.45. The van der Waals surface area contributed by atoms with Crippen LogP contribution in [0, 0.1) is 17.0 Å². The number of amides is 1. The average molecular weight is 416 g/mol. The van der Waals surface area contributed by atoms with Crippen LogP contribution in [-0.4, -0.2) is 29.9 Å². The Bertz CT molecular complexity index is 1290. The van der Waals surface area contributed by atoms with Gasteiger partial charge < -0.3 is 14.6 Å². The van der Waals surface area contributed by atoms with Crippen LogP contribution < -0.4 is 10.2 Å². The molecule has 4 aromatic rings. The Hall–Kier alpha value is -4.20. The lowest BCUT2D eigenvalue weighted by molar-refractivity contribution is -0.385. The van der Waals surface area contributed by atoms with E-state index in [0.29, 0.717) is 33.8 Å². The summed E-state index contributed by atoms with van der Waals surface area (Å²) in [6.07, 6.45) is 0. The number of oxazole rings is 1. The highest BCUT2D eigenvalue weighted by molar-refractivity contribution is 6.05. The molecule has 4 rings (SSSR count). The van der Waals surface area contributed by atoms with E-state index in [-0.39, 0.29) is 11.6 Å². The van der Waals surface area contributed by atoms with Crippen LogP contribution in [-0.2, 0) is 0 Å². The molecule has 0 aliphatic carbocycles. The van der Waals surface area contributed by atoms with Gasteiger partial charge in [0.15, 0.2) is 5.58 Å². The average Bonchev–Trinajstić information content (AvgIpc) is 3.17. The Kier molecular flexibility index (Phi) is 5.12. The Morgan fingerprint density at radius 1 is 1.06 bits per heavy atom. The van der Waals surface area contributed by atoms with Crippen LogP contribution in [0.25, 0.3) is 22.6 Å². The number of carbonyl (C=O) groups is 1. The predicted molar refractivity (Wildman–Crippen MR) is 120 cm³/mol. The van der Waals surface area contributed by atoms with E-state index in [1.807, 2.05) is 43.3 Å². The molecule has 0 spiro atoms. The van der Waals surface area contributed by atoms with Crippen molar-refractivity contribution in [3.8, 4) is 11.5 Å². The molecule has 3 aromatic carbocycles. The molecule has 156 valence electrons. The maximum atomic E-state index is 12.6. The number of aromatic nitrogens is 1. The molecular formula is C23H20N4O4. The van der Waals surface area contributed by atoms with Crippen LogP contribution in [0.1, 0.15) is 15.9 Å². The van der Waals surface area contributed by atoms with E-state index in [1.165, 1.54) is 18.2 Å². The molecule has 0 saturated heterocycles. The summed E-state index contributed by atoms with van der Waals surface area (Å²) >= 11 is 0. The third-order valence-electron chi connectivity index (χ3n) is 4.93. The number of carbonyl (C=O) groups excluding carboxylic acids is 1. The number of nitro groups is 1. The van der Waals surface area contributed by atoms with Gasteiger partial charge in [0.1, 0.15) is 5.52 Å². The fourth-order valence-electron chi connectivity index (χ4n) is 3.24. The molecule has 8 heteroatoms. The number of hydrogen-bond acceptors (Lipinski definition) is 6. The minimum atomic E-state index is -0.471. The van der Waals surface area contributed by atoms with Gasteiger partial charge >= 0.3 is 0 Å². The molecule has 0 atom stereocenters. The van der Waals surface area contributed by atoms with Crippen LogP contribution in [0.2, 0.25) is 0 Å². The second kappa shape index (κ2) is 7.91. The van der Waals surface area contributed by atoms with E-state index in [9.17, 15) is 14.9 Å². The van der Waals surface area contributed by atoms with E-state index >= 15 is 0 Å². The summed E-state index contributed by atoms with van der Waals surface area (Å²) < 4.78 is 5.85. The highest BCUT2D eigenvalue weighted by Gasteiger charge is 2.15. The lowest BCUT2D eigenvalue weighted by atomic mass is 10.1. The molecule has 0 bridgehead atoms. The first-order valence-corrected chi connectivity index (χ1v) is 9.56. The number of nitrogens with zero attached hydrogens (tertiary/aromatic N) is 3. The van der Waals surface area contributed by atoms with Crippen LogP contribution in [0.4, 0.5) is 17.1 Å². The number of aryl methyl sites for hydroxylation is 1. The zero-order chi connectivity index (χ0) is 22.1. The van der Waals surface area contributed by atoms with Gasteiger partial charge in [-0.05, 0) is 61.5 Å². The van der Waals surface area contributed by atoms with Crippen molar-refractivity contribution in [1.29, 1.82) is 0 Å². The number of rotatable bonds is 5. The van der Waals surface area contributed by atoms with E-state index < -0.39 is 4.92 Å². The van der Waals surface area contributed by atoms with Gasteiger partial charge in [0, 0.05) is 48.2 Å². The van der Waals surface area contributed by atoms with Crippen molar-refractivity contribution in [2.45, 2.75) is 6.92 Å². The van der Waals surface area contributed by atoms with E-state index in [4.69, 9.17) is 4.42 Å². The zero-order valence-electron chi connectivity index (χ0n) is 17.2. The third kappa shape index (κ3) is 4.09. The number of nitrogens with one attached hydrogen (secondary N) is 1. The molecule has 1 N–H and O–H groups in total. The molecule has 0 radical (unpaired) electrons. The largest absolute Gasteiger partial charge is 0.436 e. The van der Waals surface area contributed by atoms with E-state index in [1.54, 1.807) is 25.1 Å². The van der Waals surface area contributed by atoms with Gasteiger partial charge in [0.2, 0.25) is 5.89 Å². The normalized spacial score (nSPS) is 10.8. The summed E-state index contributed by atoms with van der Waals surface area (Å²) in [7, 11) is 3.95. The van der Waals surface area contributed by atoms with Gasteiger partial charge in [-0.2, -0.15) is 0 Å². The van der Waals surface area contributed by atoms with Gasteiger partial charge in [-0.1, -0.05) is 0 Å². The first kappa shape index (κ1) is 20.1. The maximum absolute atomic E-state index is 12.6. The highest BCUT2D eigenvalue weighted by atomic mass is 16.6. The molecule has 8 nitrogen and oxygen atoms in total. The maximum Gasteiger partial charge on any atom is 0.272 e. The summed E-state index contributed by atoms with van der Waals surface area (Å²) in [6.45, 7) is 1.60. The van der Waals surface area contributed by atoms with Crippen molar-refractivity contribution in [3.63, 3.8) is 0 Å². The zero-order valence-corrected chi connectivity index (χ0v) is 17.2. The van der Waals surface area contributed by atoms with Crippen molar-refractivity contribution >= 4 is 34.1 Å². The monoisotopic (exact) mass is 416 g/mol. The molecule has 0 unspecified atom stereocenters. The second-order valence-corrected chi connectivity index (χ2v) is 7.36. The van der Waals surface area contributed by atoms with Crippen molar-refractivity contribution in [2.75, 3.05) is 24.3 Å². The molecule has 0 aliphatic rings. The Labute approximate surface area is 178 Å². The number of nitro benzene ring substituents is 1. The third-order valence-corrected chi connectivity index (χ3v) is 4.93. The lowest BCUT2D eigenvalue weighted by Gasteiger charge is -2.11. The van der Waals surface area contributed by atoms with E-state index in [2.05, 4.69) is 10.3 Å². The molecule has 0 saturated carbocycles. The Morgan fingerprint density at radius 3 is 2.45 bits per heavy atom. The quantitative estimate of drug-likeness (QED) is 0.362. The highest BCUT2D eigenvalue weighted by Crippen LogP contribution is 2.28. The minimum absolute atomic E-state index is 0.0216. The molecule has 1 amide bonds. The topological polar surface area (TPSA) is 102 Å².